The van der Waals surface area contributed by atoms with Gasteiger partial charge in [-0.05, 0) is 35.6 Å². The van der Waals surface area contributed by atoms with Crippen LogP contribution in [0.3, 0.4) is 0 Å². The van der Waals surface area contributed by atoms with E-state index in [-0.39, 0.29) is 5.91 Å². The van der Waals surface area contributed by atoms with Gasteiger partial charge in [-0.3, -0.25) is 4.79 Å². The fourth-order valence-electron chi connectivity index (χ4n) is 2.53. The van der Waals surface area contributed by atoms with Gasteiger partial charge in [0.2, 0.25) is 0 Å². The highest BCUT2D eigenvalue weighted by Crippen LogP contribution is 2.32. The summed E-state index contributed by atoms with van der Waals surface area (Å²) in [5.41, 5.74) is 3.43. The standard InChI is InChI=1S/C15H20N2O/c1-17(7-6-11-2-3-11)15(18)12-4-5-13-9-16-10-14(13)8-12/h4-5,8,11,16H,2-3,6-7,9-10H2,1H3. The Morgan fingerprint density at radius 2 is 2.11 bits per heavy atom. The topological polar surface area (TPSA) is 32.3 Å². The van der Waals surface area contributed by atoms with Crippen LogP contribution in [0.25, 0.3) is 0 Å². The number of rotatable bonds is 4. The molecule has 1 amide bonds. The zero-order chi connectivity index (χ0) is 12.5. The van der Waals surface area contributed by atoms with Crippen LogP contribution in [0.5, 0.6) is 0 Å². The molecule has 0 unspecified atom stereocenters. The molecule has 1 fully saturated rings. The van der Waals surface area contributed by atoms with Crippen LogP contribution < -0.4 is 5.32 Å². The van der Waals surface area contributed by atoms with Gasteiger partial charge in [-0.15, -0.1) is 0 Å². The van der Waals surface area contributed by atoms with Crippen LogP contribution in [0.1, 0.15) is 40.7 Å². The largest absolute Gasteiger partial charge is 0.342 e. The average Bonchev–Trinajstić information content (AvgIpc) is 3.10. The van der Waals surface area contributed by atoms with Crippen molar-refractivity contribution < 1.29 is 4.79 Å². The first kappa shape index (κ1) is 11.7. The Labute approximate surface area is 108 Å². The van der Waals surface area contributed by atoms with Crippen molar-refractivity contribution in [2.45, 2.75) is 32.4 Å². The number of amides is 1. The number of carbonyl (C=O) groups excluding carboxylic acids is 1. The van der Waals surface area contributed by atoms with E-state index in [1.54, 1.807) is 0 Å². The maximum Gasteiger partial charge on any atom is 0.253 e. The van der Waals surface area contributed by atoms with Crippen molar-refractivity contribution in [1.82, 2.24) is 10.2 Å². The van der Waals surface area contributed by atoms with Gasteiger partial charge < -0.3 is 10.2 Å². The SMILES string of the molecule is CN(CCC1CC1)C(=O)c1ccc2c(c1)CNC2. The van der Waals surface area contributed by atoms with Gasteiger partial charge in [0, 0.05) is 32.2 Å². The second kappa shape index (κ2) is 4.73. The van der Waals surface area contributed by atoms with Crippen molar-refractivity contribution >= 4 is 5.91 Å². The molecule has 0 atom stereocenters. The summed E-state index contributed by atoms with van der Waals surface area (Å²) in [6.07, 6.45) is 3.87. The molecule has 96 valence electrons. The van der Waals surface area contributed by atoms with E-state index in [0.717, 1.165) is 37.5 Å². The van der Waals surface area contributed by atoms with E-state index in [1.165, 1.54) is 24.0 Å². The summed E-state index contributed by atoms with van der Waals surface area (Å²) in [5.74, 6) is 1.04. The summed E-state index contributed by atoms with van der Waals surface area (Å²) < 4.78 is 0. The number of fused-ring (bicyclic) bond motifs is 1. The van der Waals surface area contributed by atoms with Crippen LogP contribution >= 0.6 is 0 Å². The minimum atomic E-state index is 0.158. The lowest BCUT2D eigenvalue weighted by Crippen LogP contribution is -2.28. The van der Waals surface area contributed by atoms with Crippen LogP contribution in [-0.4, -0.2) is 24.4 Å². The molecule has 0 aromatic heterocycles. The van der Waals surface area contributed by atoms with Crippen molar-refractivity contribution in [3.8, 4) is 0 Å². The van der Waals surface area contributed by atoms with Gasteiger partial charge >= 0.3 is 0 Å². The van der Waals surface area contributed by atoms with E-state index in [2.05, 4.69) is 11.4 Å². The molecule has 0 spiro atoms. The van der Waals surface area contributed by atoms with Crippen LogP contribution in [0.4, 0.5) is 0 Å². The van der Waals surface area contributed by atoms with Gasteiger partial charge in [-0.25, -0.2) is 0 Å². The summed E-state index contributed by atoms with van der Waals surface area (Å²) in [7, 11) is 1.91. The fourth-order valence-corrected chi connectivity index (χ4v) is 2.53. The maximum atomic E-state index is 12.3. The Bertz CT molecular complexity index is 466. The first-order valence-corrected chi connectivity index (χ1v) is 6.82. The molecule has 18 heavy (non-hydrogen) atoms. The van der Waals surface area contributed by atoms with Gasteiger partial charge in [0.25, 0.3) is 5.91 Å². The van der Waals surface area contributed by atoms with Gasteiger partial charge in [0.05, 0.1) is 0 Å². The lowest BCUT2D eigenvalue weighted by molar-refractivity contribution is 0.0791. The van der Waals surface area contributed by atoms with Crippen molar-refractivity contribution in [2.24, 2.45) is 5.92 Å². The van der Waals surface area contributed by atoms with Crippen molar-refractivity contribution in [3.63, 3.8) is 0 Å². The Kier molecular flexibility index (Phi) is 3.08. The van der Waals surface area contributed by atoms with Gasteiger partial charge in [-0.2, -0.15) is 0 Å². The first-order chi connectivity index (χ1) is 8.74. The van der Waals surface area contributed by atoms with E-state index < -0.39 is 0 Å². The molecular formula is C15H20N2O. The van der Waals surface area contributed by atoms with E-state index in [9.17, 15) is 4.79 Å². The predicted molar refractivity (Wildman–Crippen MR) is 71.3 cm³/mol. The molecule has 2 aliphatic rings. The third kappa shape index (κ3) is 2.41. The van der Waals surface area contributed by atoms with Gasteiger partial charge in [0.1, 0.15) is 0 Å². The Balaban J connectivity index is 1.66. The van der Waals surface area contributed by atoms with Crippen molar-refractivity contribution in [3.05, 3.63) is 34.9 Å². The van der Waals surface area contributed by atoms with E-state index in [0.29, 0.717) is 0 Å². The molecular weight excluding hydrogens is 224 g/mol. The summed E-state index contributed by atoms with van der Waals surface area (Å²) in [6.45, 7) is 2.71. The lowest BCUT2D eigenvalue weighted by atomic mass is 10.1. The van der Waals surface area contributed by atoms with E-state index >= 15 is 0 Å². The first-order valence-electron chi connectivity index (χ1n) is 6.82. The number of nitrogens with zero attached hydrogens (tertiary/aromatic N) is 1. The summed E-state index contributed by atoms with van der Waals surface area (Å²) in [6, 6.07) is 6.09. The van der Waals surface area contributed by atoms with Gasteiger partial charge in [-0.1, -0.05) is 18.9 Å². The number of hydrogen-bond acceptors (Lipinski definition) is 2. The van der Waals surface area contributed by atoms with E-state index in [4.69, 9.17) is 0 Å². The maximum absolute atomic E-state index is 12.3. The summed E-state index contributed by atoms with van der Waals surface area (Å²) in [5, 5.41) is 3.31. The molecule has 3 heteroatoms. The van der Waals surface area contributed by atoms with Crippen LogP contribution in [0.2, 0.25) is 0 Å². The Morgan fingerprint density at radius 3 is 2.89 bits per heavy atom. The summed E-state index contributed by atoms with van der Waals surface area (Å²) in [4.78, 5) is 14.1. The quantitative estimate of drug-likeness (QED) is 0.880. The molecule has 3 nitrogen and oxygen atoms in total. The smallest absolute Gasteiger partial charge is 0.253 e. The number of carbonyl (C=O) groups is 1. The molecule has 1 N–H and O–H groups in total. The van der Waals surface area contributed by atoms with Crippen LogP contribution in [-0.2, 0) is 13.1 Å². The molecule has 0 radical (unpaired) electrons. The van der Waals surface area contributed by atoms with E-state index in [1.807, 2.05) is 24.1 Å². The molecule has 1 saturated carbocycles. The van der Waals surface area contributed by atoms with Crippen molar-refractivity contribution in [1.29, 1.82) is 0 Å². The molecule has 1 aromatic rings. The van der Waals surface area contributed by atoms with Crippen molar-refractivity contribution in [2.75, 3.05) is 13.6 Å². The summed E-state index contributed by atoms with van der Waals surface area (Å²) >= 11 is 0. The fraction of sp³-hybridized carbons (Fsp3) is 0.533. The van der Waals surface area contributed by atoms with Crippen LogP contribution in [0.15, 0.2) is 18.2 Å². The lowest BCUT2D eigenvalue weighted by Gasteiger charge is -2.17. The molecule has 1 aliphatic carbocycles. The minimum absolute atomic E-state index is 0.158. The third-order valence-corrected chi connectivity index (χ3v) is 4.00. The number of benzene rings is 1. The highest BCUT2D eigenvalue weighted by atomic mass is 16.2. The third-order valence-electron chi connectivity index (χ3n) is 4.00. The number of nitrogens with one attached hydrogen (secondary N) is 1. The Hall–Kier alpha value is -1.35. The Morgan fingerprint density at radius 1 is 1.33 bits per heavy atom. The van der Waals surface area contributed by atoms with Crippen LogP contribution in [0, 0.1) is 5.92 Å². The normalized spacial score (nSPS) is 17.6. The second-order valence-corrected chi connectivity index (χ2v) is 5.55. The molecule has 3 rings (SSSR count). The predicted octanol–water partition coefficient (Wildman–Crippen LogP) is 2.16. The average molecular weight is 244 g/mol. The second-order valence-electron chi connectivity index (χ2n) is 5.55. The monoisotopic (exact) mass is 244 g/mol. The molecule has 0 saturated heterocycles. The molecule has 0 bridgehead atoms. The molecule has 1 aromatic carbocycles. The zero-order valence-electron chi connectivity index (χ0n) is 10.9. The highest BCUT2D eigenvalue weighted by Gasteiger charge is 2.23. The van der Waals surface area contributed by atoms with Gasteiger partial charge in [0.15, 0.2) is 0 Å². The highest BCUT2D eigenvalue weighted by molar-refractivity contribution is 5.94. The minimum Gasteiger partial charge on any atom is -0.342 e. The zero-order valence-corrected chi connectivity index (χ0v) is 10.9. The molecule has 1 aliphatic heterocycles. The number of hydrogen-bond donors (Lipinski definition) is 1. The molecule has 1 heterocycles.